The van der Waals surface area contributed by atoms with Crippen molar-refractivity contribution in [1.82, 2.24) is 5.32 Å². The van der Waals surface area contributed by atoms with Crippen molar-refractivity contribution in [2.75, 3.05) is 0 Å². The van der Waals surface area contributed by atoms with E-state index in [1.807, 2.05) is 62.4 Å². The lowest BCUT2D eigenvalue weighted by molar-refractivity contribution is -0.128. The Hall–Kier alpha value is -2.81. The molecule has 3 aromatic carbocycles. The number of ether oxygens (including phenoxy) is 1. The van der Waals surface area contributed by atoms with E-state index >= 15 is 0 Å². The summed E-state index contributed by atoms with van der Waals surface area (Å²) in [6.07, 6.45) is 1.99. The van der Waals surface area contributed by atoms with Crippen molar-refractivity contribution in [2.45, 2.75) is 45.3 Å². The molecule has 2 atom stereocenters. The highest BCUT2D eigenvalue weighted by atomic mass is 16.5. The van der Waals surface area contributed by atoms with E-state index in [4.69, 9.17) is 4.74 Å². The van der Waals surface area contributed by atoms with E-state index in [2.05, 4.69) is 29.6 Å². The number of hydrogen-bond donors (Lipinski definition) is 1. The first-order chi connectivity index (χ1) is 13.2. The summed E-state index contributed by atoms with van der Waals surface area (Å²) in [6, 6.07) is 24.5. The molecule has 0 unspecified atom stereocenters. The molecule has 0 saturated carbocycles. The van der Waals surface area contributed by atoms with E-state index < -0.39 is 6.10 Å². The minimum atomic E-state index is -0.491. The second-order valence-electron chi connectivity index (χ2n) is 6.93. The summed E-state index contributed by atoms with van der Waals surface area (Å²) >= 11 is 0. The lowest BCUT2D eigenvalue weighted by atomic mass is 10.1. The predicted octanol–water partition coefficient (Wildman–Crippen LogP) is 5.13. The van der Waals surface area contributed by atoms with E-state index in [1.165, 1.54) is 5.56 Å². The molecule has 0 aliphatic rings. The SMILES string of the molecule is CC[C@@H](Oc1cccc2ccccc12)C(=O)N[C@@H](C)CCc1ccccc1. The third kappa shape index (κ3) is 5.10. The summed E-state index contributed by atoms with van der Waals surface area (Å²) in [7, 11) is 0. The largest absolute Gasteiger partial charge is 0.480 e. The van der Waals surface area contributed by atoms with Crippen molar-refractivity contribution in [3.63, 3.8) is 0 Å². The van der Waals surface area contributed by atoms with Gasteiger partial charge in [0.15, 0.2) is 6.10 Å². The van der Waals surface area contributed by atoms with Gasteiger partial charge in [-0.1, -0.05) is 73.7 Å². The number of benzene rings is 3. The summed E-state index contributed by atoms with van der Waals surface area (Å²) in [4.78, 5) is 12.7. The molecular formula is C24H27NO2. The highest BCUT2D eigenvalue weighted by Crippen LogP contribution is 2.26. The van der Waals surface area contributed by atoms with Gasteiger partial charge in [0.25, 0.3) is 5.91 Å². The van der Waals surface area contributed by atoms with Gasteiger partial charge < -0.3 is 10.1 Å². The van der Waals surface area contributed by atoms with Gasteiger partial charge in [0.1, 0.15) is 5.75 Å². The summed E-state index contributed by atoms with van der Waals surface area (Å²) in [5.41, 5.74) is 1.29. The fraction of sp³-hybridized carbons (Fsp3) is 0.292. The minimum Gasteiger partial charge on any atom is -0.480 e. The van der Waals surface area contributed by atoms with Crippen LogP contribution in [0.1, 0.15) is 32.3 Å². The topological polar surface area (TPSA) is 38.3 Å². The Morgan fingerprint density at radius 3 is 2.44 bits per heavy atom. The van der Waals surface area contributed by atoms with Gasteiger partial charge in [-0.05, 0) is 43.2 Å². The third-order valence-electron chi connectivity index (χ3n) is 4.78. The molecule has 0 heterocycles. The molecule has 140 valence electrons. The molecule has 3 rings (SSSR count). The number of nitrogens with one attached hydrogen (secondary N) is 1. The Bertz CT molecular complexity index is 870. The first-order valence-corrected chi connectivity index (χ1v) is 9.66. The summed E-state index contributed by atoms with van der Waals surface area (Å²) in [5, 5.41) is 5.25. The molecule has 0 fully saturated rings. The molecule has 1 N–H and O–H groups in total. The van der Waals surface area contributed by atoms with Crippen LogP contribution < -0.4 is 10.1 Å². The number of hydrogen-bond acceptors (Lipinski definition) is 2. The molecule has 3 heteroatoms. The summed E-state index contributed by atoms with van der Waals surface area (Å²) in [6.45, 7) is 4.02. The number of fused-ring (bicyclic) bond motifs is 1. The van der Waals surface area contributed by atoms with Crippen molar-refractivity contribution < 1.29 is 9.53 Å². The lowest BCUT2D eigenvalue weighted by Gasteiger charge is -2.21. The molecule has 0 aliphatic carbocycles. The van der Waals surface area contributed by atoms with Crippen LogP contribution in [0, 0.1) is 0 Å². The molecule has 1 amide bonds. The second kappa shape index (κ2) is 9.22. The van der Waals surface area contributed by atoms with Gasteiger partial charge >= 0.3 is 0 Å². The lowest BCUT2D eigenvalue weighted by Crippen LogP contribution is -2.42. The molecule has 3 nitrogen and oxygen atoms in total. The van der Waals surface area contributed by atoms with Gasteiger partial charge in [-0.2, -0.15) is 0 Å². The Morgan fingerprint density at radius 2 is 1.67 bits per heavy atom. The molecule has 27 heavy (non-hydrogen) atoms. The Labute approximate surface area is 161 Å². The van der Waals surface area contributed by atoms with Crippen LogP contribution in [0.3, 0.4) is 0 Å². The van der Waals surface area contributed by atoms with Crippen molar-refractivity contribution >= 4 is 16.7 Å². The maximum absolute atomic E-state index is 12.7. The van der Waals surface area contributed by atoms with Crippen LogP contribution in [0.2, 0.25) is 0 Å². The quantitative estimate of drug-likeness (QED) is 0.604. The van der Waals surface area contributed by atoms with Crippen molar-refractivity contribution in [2.24, 2.45) is 0 Å². The van der Waals surface area contributed by atoms with E-state index in [-0.39, 0.29) is 11.9 Å². The Kier molecular flexibility index (Phi) is 6.48. The van der Waals surface area contributed by atoms with Crippen LogP contribution in [-0.4, -0.2) is 18.1 Å². The molecule has 0 spiro atoms. The first kappa shape index (κ1) is 19.0. The first-order valence-electron chi connectivity index (χ1n) is 9.66. The van der Waals surface area contributed by atoms with Crippen molar-refractivity contribution in [3.05, 3.63) is 78.4 Å². The molecule has 0 saturated heterocycles. The average molecular weight is 361 g/mol. The van der Waals surface area contributed by atoms with Gasteiger partial charge in [-0.25, -0.2) is 0 Å². The van der Waals surface area contributed by atoms with Crippen LogP contribution in [-0.2, 0) is 11.2 Å². The van der Waals surface area contributed by atoms with Gasteiger partial charge in [0, 0.05) is 11.4 Å². The zero-order valence-electron chi connectivity index (χ0n) is 16.0. The number of rotatable bonds is 8. The summed E-state index contributed by atoms with van der Waals surface area (Å²) in [5.74, 6) is 0.707. The normalized spacial score (nSPS) is 13.1. The smallest absolute Gasteiger partial charge is 0.261 e. The monoisotopic (exact) mass is 361 g/mol. The number of aryl methyl sites for hydroxylation is 1. The number of carbonyl (C=O) groups is 1. The highest BCUT2D eigenvalue weighted by molar-refractivity contribution is 5.89. The standard InChI is InChI=1S/C24H27NO2/c1-3-22(27-23-15-9-13-20-12-7-8-14-21(20)23)24(26)25-18(2)16-17-19-10-5-4-6-11-19/h4-15,18,22H,3,16-17H2,1-2H3,(H,25,26)/t18-,22+/m0/s1. The van der Waals surface area contributed by atoms with E-state index in [9.17, 15) is 4.79 Å². The summed E-state index contributed by atoms with van der Waals surface area (Å²) < 4.78 is 6.09. The maximum atomic E-state index is 12.7. The van der Waals surface area contributed by atoms with Crippen molar-refractivity contribution in [1.29, 1.82) is 0 Å². The maximum Gasteiger partial charge on any atom is 0.261 e. The zero-order valence-corrected chi connectivity index (χ0v) is 16.0. The molecule has 0 radical (unpaired) electrons. The zero-order chi connectivity index (χ0) is 19.1. The van der Waals surface area contributed by atoms with Crippen LogP contribution >= 0.6 is 0 Å². The van der Waals surface area contributed by atoms with Crippen LogP contribution in [0.5, 0.6) is 5.75 Å². The number of carbonyl (C=O) groups excluding carboxylic acids is 1. The third-order valence-corrected chi connectivity index (χ3v) is 4.78. The molecular weight excluding hydrogens is 334 g/mol. The van der Waals surface area contributed by atoms with Crippen LogP contribution in [0.25, 0.3) is 10.8 Å². The second-order valence-corrected chi connectivity index (χ2v) is 6.93. The van der Waals surface area contributed by atoms with Gasteiger partial charge in [0.2, 0.25) is 0 Å². The molecule has 0 aliphatic heterocycles. The highest BCUT2D eigenvalue weighted by Gasteiger charge is 2.20. The van der Waals surface area contributed by atoms with Crippen LogP contribution in [0.15, 0.2) is 72.8 Å². The van der Waals surface area contributed by atoms with Crippen molar-refractivity contribution in [3.8, 4) is 5.75 Å². The van der Waals surface area contributed by atoms with Gasteiger partial charge in [-0.15, -0.1) is 0 Å². The number of amides is 1. The van der Waals surface area contributed by atoms with E-state index in [0.29, 0.717) is 6.42 Å². The van der Waals surface area contributed by atoms with E-state index in [1.54, 1.807) is 0 Å². The average Bonchev–Trinajstić information content (AvgIpc) is 2.71. The molecule has 3 aromatic rings. The minimum absolute atomic E-state index is 0.0500. The Morgan fingerprint density at radius 1 is 0.963 bits per heavy atom. The van der Waals surface area contributed by atoms with Crippen LogP contribution in [0.4, 0.5) is 0 Å². The fourth-order valence-electron chi connectivity index (χ4n) is 3.21. The fourth-order valence-corrected chi connectivity index (χ4v) is 3.21. The predicted molar refractivity (Wildman–Crippen MR) is 111 cm³/mol. The van der Waals surface area contributed by atoms with Gasteiger partial charge in [-0.3, -0.25) is 4.79 Å². The van der Waals surface area contributed by atoms with E-state index in [0.717, 1.165) is 29.4 Å². The van der Waals surface area contributed by atoms with Gasteiger partial charge in [0.05, 0.1) is 0 Å². The Balaban J connectivity index is 1.60. The molecule has 0 aromatic heterocycles. The molecule has 0 bridgehead atoms.